The minimum absolute atomic E-state index is 0.0570. The van der Waals surface area contributed by atoms with Crippen LogP contribution in [0.5, 0.6) is 0 Å². The van der Waals surface area contributed by atoms with Gasteiger partial charge in [0.25, 0.3) is 5.91 Å². The van der Waals surface area contributed by atoms with Gasteiger partial charge in [0.1, 0.15) is 5.69 Å². The maximum absolute atomic E-state index is 12.5. The van der Waals surface area contributed by atoms with Crippen molar-refractivity contribution in [3.63, 3.8) is 0 Å². The van der Waals surface area contributed by atoms with Crippen LogP contribution < -0.4 is 0 Å². The van der Waals surface area contributed by atoms with Gasteiger partial charge in [-0.2, -0.15) is 5.10 Å². The number of carbonyl (C=O) groups excluding carboxylic acids is 1. The highest BCUT2D eigenvalue weighted by molar-refractivity contribution is 5.93. The number of aromatic amines is 1. The third-order valence-electron chi connectivity index (χ3n) is 3.76. The summed E-state index contributed by atoms with van der Waals surface area (Å²) >= 11 is 0. The van der Waals surface area contributed by atoms with Gasteiger partial charge < -0.3 is 14.1 Å². The highest BCUT2D eigenvalue weighted by atomic mass is 16.5. The Balaban J connectivity index is 1.70. The van der Waals surface area contributed by atoms with Crippen molar-refractivity contribution in [3.8, 4) is 11.5 Å². The number of aromatic nitrogens is 2. The number of nitrogens with zero attached hydrogens (tertiary/aromatic N) is 2. The van der Waals surface area contributed by atoms with Crippen molar-refractivity contribution in [2.75, 3.05) is 26.3 Å². The molecular weight excluding hydrogens is 270 g/mol. The Morgan fingerprint density at radius 2 is 2.48 bits per heavy atom. The Morgan fingerprint density at radius 3 is 3.14 bits per heavy atom. The summed E-state index contributed by atoms with van der Waals surface area (Å²) in [6.07, 6.45) is 2.61. The number of ether oxygens (including phenoxy) is 1. The van der Waals surface area contributed by atoms with Crippen LogP contribution in [0.4, 0.5) is 0 Å². The molecule has 112 valence electrons. The van der Waals surface area contributed by atoms with Crippen molar-refractivity contribution >= 4 is 5.91 Å². The minimum atomic E-state index is -0.0570. The number of hydrogen-bond acceptors (Lipinski definition) is 4. The van der Waals surface area contributed by atoms with Crippen molar-refractivity contribution in [1.82, 2.24) is 15.1 Å². The van der Waals surface area contributed by atoms with Crippen LogP contribution in [0.2, 0.25) is 0 Å². The van der Waals surface area contributed by atoms with E-state index in [1.54, 1.807) is 18.4 Å². The molecule has 0 bridgehead atoms. The second kappa shape index (κ2) is 6.13. The molecule has 1 saturated heterocycles. The molecule has 0 spiro atoms. The number of furan rings is 1. The maximum Gasteiger partial charge on any atom is 0.274 e. The first kappa shape index (κ1) is 13.9. The molecule has 3 rings (SSSR count). The molecule has 0 radical (unpaired) electrons. The summed E-state index contributed by atoms with van der Waals surface area (Å²) in [5.41, 5.74) is 1.13. The van der Waals surface area contributed by atoms with Gasteiger partial charge in [-0.05, 0) is 25.5 Å². The van der Waals surface area contributed by atoms with E-state index in [0.717, 1.165) is 26.2 Å². The molecule has 2 aromatic rings. The van der Waals surface area contributed by atoms with E-state index in [1.807, 2.05) is 17.9 Å². The van der Waals surface area contributed by atoms with Crippen LogP contribution in [0, 0.1) is 5.92 Å². The molecule has 0 saturated carbocycles. The smallest absolute Gasteiger partial charge is 0.274 e. The van der Waals surface area contributed by atoms with E-state index in [-0.39, 0.29) is 5.91 Å². The van der Waals surface area contributed by atoms with Gasteiger partial charge in [0.05, 0.1) is 12.9 Å². The number of H-pyrrole nitrogens is 1. The summed E-state index contributed by atoms with van der Waals surface area (Å²) in [4.78, 5) is 14.3. The average Bonchev–Trinajstić information content (AvgIpc) is 3.25. The predicted molar refractivity (Wildman–Crippen MR) is 76.8 cm³/mol. The molecule has 1 amide bonds. The monoisotopic (exact) mass is 289 g/mol. The maximum atomic E-state index is 12.5. The van der Waals surface area contributed by atoms with Crippen LogP contribution in [-0.2, 0) is 4.74 Å². The second-order valence-electron chi connectivity index (χ2n) is 5.22. The lowest BCUT2D eigenvalue weighted by atomic mass is 10.1. The molecule has 2 aromatic heterocycles. The summed E-state index contributed by atoms with van der Waals surface area (Å²) in [6.45, 7) is 4.90. The van der Waals surface area contributed by atoms with Crippen LogP contribution in [0.1, 0.15) is 23.8 Å². The fraction of sp³-hybridized carbons (Fsp3) is 0.467. The molecular formula is C15H19N3O3. The first-order valence-corrected chi connectivity index (χ1v) is 7.24. The highest BCUT2D eigenvalue weighted by Gasteiger charge is 2.24. The quantitative estimate of drug-likeness (QED) is 0.915. The van der Waals surface area contributed by atoms with Crippen molar-refractivity contribution in [2.24, 2.45) is 5.92 Å². The molecule has 1 N–H and O–H groups in total. The minimum Gasteiger partial charge on any atom is -0.463 e. The molecule has 6 heteroatoms. The lowest BCUT2D eigenvalue weighted by Gasteiger charge is -2.22. The molecule has 1 atom stereocenters. The zero-order valence-electron chi connectivity index (χ0n) is 12.0. The first-order valence-electron chi connectivity index (χ1n) is 7.24. The standard InChI is InChI=1S/C15H19N3O3/c1-2-18(9-11-5-7-20-10-11)15(19)13-8-12(16-17-13)14-4-3-6-21-14/h3-4,6,8,11H,2,5,7,9-10H2,1H3,(H,16,17)/t11-/m0/s1. The lowest BCUT2D eigenvalue weighted by molar-refractivity contribution is 0.0725. The zero-order chi connectivity index (χ0) is 14.7. The Morgan fingerprint density at radius 1 is 1.57 bits per heavy atom. The molecule has 1 fully saturated rings. The fourth-order valence-corrected chi connectivity index (χ4v) is 2.55. The Kier molecular flexibility index (Phi) is 4.06. The first-order chi connectivity index (χ1) is 10.3. The van der Waals surface area contributed by atoms with Gasteiger partial charge in [-0.25, -0.2) is 0 Å². The van der Waals surface area contributed by atoms with E-state index in [1.165, 1.54) is 0 Å². The topological polar surface area (TPSA) is 71.4 Å². The third kappa shape index (κ3) is 3.00. The summed E-state index contributed by atoms with van der Waals surface area (Å²) in [6, 6.07) is 5.36. The predicted octanol–water partition coefficient (Wildman–Crippen LogP) is 2.17. The highest BCUT2D eigenvalue weighted by Crippen LogP contribution is 2.19. The van der Waals surface area contributed by atoms with Crippen LogP contribution in [0.15, 0.2) is 28.9 Å². The van der Waals surface area contributed by atoms with E-state index in [9.17, 15) is 4.79 Å². The summed E-state index contributed by atoms with van der Waals surface area (Å²) in [5, 5.41) is 6.95. The normalized spacial score (nSPS) is 18.0. The van der Waals surface area contributed by atoms with E-state index in [0.29, 0.717) is 29.6 Å². The van der Waals surface area contributed by atoms with Crippen LogP contribution in [-0.4, -0.2) is 47.3 Å². The van der Waals surface area contributed by atoms with E-state index >= 15 is 0 Å². The van der Waals surface area contributed by atoms with Gasteiger partial charge in [-0.15, -0.1) is 0 Å². The lowest BCUT2D eigenvalue weighted by Crippen LogP contribution is -2.35. The van der Waals surface area contributed by atoms with E-state index in [4.69, 9.17) is 9.15 Å². The van der Waals surface area contributed by atoms with Gasteiger partial charge in [0.15, 0.2) is 11.5 Å². The Hall–Kier alpha value is -2.08. The largest absolute Gasteiger partial charge is 0.463 e. The summed E-state index contributed by atoms with van der Waals surface area (Å²) < 4.78 is 10.7. The third-order valence-corrected chi connectivity index (χ3v) is 3.76. The van der Waals surface area contributed by atoms with Crippen LogP contribution >= 0.6 is 0 Å². The number of rotatable bonds is 5. The van der Waals surface area contributed by atoms with Gasteiger partial charge in [0.2, 0.25) is 0 Å². The van der Waals surface area contributed by atoms with Crippen LogP contribution in [0.25, 0.3) is 11.5 Å². The number of hydrogen-bond donors (Lipinski definition) is 1. The Labute approximate surface area is 123 Å². The summed E-state index contributed by atoms with van der Waals surface area (Å²) in [5.74, 6) is 1.05. The number of carbonyl (C=O) groups is 1. The SMILES string of the molecule is CCN(C[C@@H]1CCOC1)C(=O)c1cc(-c2ccco2)[nH]n1. The van der Waals surface area contributed by atoms with Crippen LogP contribution in [0.3, 0.4) is 0 Å². The number of amides is 1. The van der Waals surface area contributed by atoms with Gasteiger partial charge in [-0.3, -0.25) is 9.89 Å². The van der Waals surface area contributed by atoms with Crippen molar-refractivity contribution < 1.29 is 13.9 Å². The van der Waals surface area contributed by atoms with Crippen molar-refractivity contribution in [1.29, 1.82) is 0 Å². The Bertz CT molecular complexity index is 585. The van der Waals surface area contributed by atoms with E-state index in [2.05, 4.69) is 10.2 Å². The molecule has 0 unspecified atom stereocenters. The summed E-state index contributed by atoms with van der Waals surface area (Å²) in [7, 11) is 0. The molecule has 21 heavy (non-hydrogen) atoms. The molecule has 1 aliphatic heterocycles. The fourth-order valence-electron chi connectivity index (χ4n) is 2.55. The molecule has 0 aromatic carbocycles. The van der Waals surface area contributed by atoms with Gasteiger partial charge in [-0.1, -0.05) is 0 Å². The molecule has 1 aliphatic rings. The van der Waals surface area contributed by atoms with Crippen molar-refractivity contribution in [2.45, 2.75) is 13.3 Å². The molecule has 3 heterocycles. The van der Waals surface area contributed by atoms with Gasteiger partial charge >= 0.3 is 0 Å². The molecule has 6 nitrogen and oxygen atoms in total. The van der Waals surface area contributed by atoms with Gasteiger partial charge in [0, 0.05) is 31.7 Å². The van der Waals surface area contributed by atoms with Crippen molar-refractivity contribution in [3.05, 3.63) is 30.2 Å². The second-order valence-corrected chi connectivity index (χ2v) is 5.22. The number of nitrogens with one attached hydrogen (secondary N) is 1. The average molecular weight is 289 g/mol. The zero-order valence-corrected chi connectivity index (χ0v) is 12.0. The van der Waals surface area contributed by atoms with E-state index < -0.39 is 0 Å². The molecule has 0 aliphatic carbocycles.